The summed E-state index contributed by atoms with van der Waals surface area (Å²) in [5.74, 6) is -3.00. The number of aliphatic carboxylic acids is 1. The van der Waals surface area contributed by atoms with Crippen LogP contribution < -0.4 is 10.9 Å². The number of nitrogens with one attached hydrogen (secondary N) is 2. The number of aryl methyl sites for hydroxylation is 1. The normalized spacial score (nSPS) is 27.2. The van der Waals surface area contributed by atoms with Crippen LogP contribution in [0.3, 0.4) is 0 Å². The molecule has 7 nitrogen and oxygen atoms in total. The number of furan rings is 1. The zero-order chi connectivity index (χ0) is 18.3. The largest absolute Gasteiger partial charge is 0.481 e. The van der Waals surface area contributed by atoms with E-state index in [1.807, 2.05) is 13.8 Å². The molecule has 0 aliphatic heterocycles. The maximum atomic E-state index is 12.6. The first-order chi connectivity index (χ1) is 11.8. The minimum absolute atomic E-state index is 0.0661. The number of hydrogen-bond acceptors (Lipinski definition) is 4. The summed E-state index contributed by atoms with van der Waals surface area (Å²) in [6.45, 7) is 5.57. The minimum atomic E-state index is -0.955. The lowest BCUT2D eigenvalue weighted by Gasteiger charge is -2.26. The molecule has 1 heterocycles. The summed E-state index contributed by atoms with van der Waals surface area (Å²) >= 11 is 0. The fourth-order valence-corrected chi connectivity index (χ4v) is 4.49. The second kappa shape index (κ2) is 6.38. The molecule has 0 radical (unpaired) electrons. The van der Waals surface area contributed by atoms with Gasteiger partial charge in [-0.2, -0.15) is 0 Å². The van der Waals surface area contributed by atoms with Crippen molar-refractivity contribution in [1.29, 1.82) is 0 Å². The second-order valence-corrected chi connectivity index (χ2v) is 6.97. The predicted molar refractivity (Wildman–Crippen MR) is 88.3 cm³/mol. The average molecular weight is 346 g/mol. The van der Waals surface area contributed by atoms with Gasteiger partial charge in [-0.25, -0.2) is 0 Å². The fraction of sp³-hybridized carbons (Fsp3) is 0.500. The number of carboxylic acids is 1. The van der Waals surface area contributed by atoms with Crippen LogP contribution in [-0.4, -0.2) is 22.9 Å². The highest BCUT2D eigenvalue weighted by atomic mass is 16.4. The molecule has 7 heteroatoms. The summed E-state index contributed by atoms with van der Waals surface area (Å²) in [6.07, 6.45) is 3.00. The van der Waals surface area contributed by atoms with Crippen LogP contribution in [0.2, 0.25) is 0 Å². The van der Waals surface area contributed by atoms with Crippen molar-refractivity contribution < 1.29 is 23.9 Å². The molecule has 2 aliphatic rings. The number of hydrazine groups is 1. The summed E-state index contributed by atoms with van der Waals surface area (Å²) in [4.78, 5) is 36.5. The Kier molecular flexibility index (Phi) is 4.41. The molecule has 25 heavy (non-hydrogen) atoms. The van der Waals surface area contributed by atoms with Gasteiger partial charge in [-0.05, 0) is 51.5 Å². The van der Waals surface area contributed by atoms with Gasteiger partial charge in [0.1, 0.15) is 5.76 Å². The molecule has 2 fully saturated rings. The lowest BCUT2D eigenvalue weighted by Crippen LogP contribution is -2.48. The third-order valence-corrected chi connectivity index (χ3v) is 5.41. The molecular formula is C18H22N2O5. The highest BCUT2D eigenvalue weighted by Gasteiger charge is 2.57. The molecule has 2 bridgehead atoms. The van der Waals surface area contributed by atoms with Gasteiger partial charge < -0.3 is 9.52 Å². The Balaban J connectivity index is 1.75. The predicted octanol–water partition coefficient (Wildman–Crippen LogP) is 2.04. The van der Waals surface area contributed by atoms with E-state index in [-0.39, 0.29) is 11.8 Å². The maximum absolute atomic E-state index is 12.6. The van der Waals surface area contributed by atoms with Gasteiger partial charge in [-0.15, -0.1) is 0 Å². The highest BCUT2D eigenvalue weighted by Crippen LogP contribution is 2.57. The van der Waals surface area contributed by atoms with E-state index in [1.165, 1.54) is 12.3 Å². The number of allylic oxidation sites excluding steroid dienone is 2. The third-order valence-electron chi connectivity index (χ3n) is 5.41. The smallest absolute Gasteiger partial charge is 0.307 e. The molecule has 134 valence electrons. The Morgan fingerprint density at radius 2 is 1.76 bits per heavy atom. The van der Waals surface area contributed by atoms with Crippen LogP contribution in [0.4, 0.5) is 0 Å². The number of carboxylic acid groups (broad SMARTS) is 1. The molecule has 0 unspecified atom stereocenters. The van der Waals surface area contributed by atoms with Crippen LogP contribution in [0.15, 0.2) is 27.9 Å². The monoisotopic (exact) mass is 346 g/mol. The average Bonchev–Trinajstić information content (AvgIpc) is 3.24. The molecule has 2 saturated carbocycles. The summed E-state index contributed by atoms with van der Waals surface area (Å²) < 4.78 is 5.06. The summed E-state index contributed by atoms with van der Waals surface area (Å²) in [7, 11) is 0. The first kappa shape index (κ1) is 17.3. The number of amides is 2. The lowest BCUT2D eigenvalue weighted by atomic mass is 9.79. The van der Waals surface area contributed by atoms with Gasteiger partial charge in [0.25, 0.3) is 5.91 Å². The highest BCUT2D eigenvalue weighted by molar-refractivity contribution is 5.97. The third kappa shape index (κ3) is 2.83. The molecule has 0 saturated heterocycles. The Labute approximate surface area is 145 Å². The first-order valence-corrected chi connectivity index (χ1v) is 8.37. The van der Waals surface area contributed by atoms with Crippen LogP contribution in [0.25, 0.3) is 0 Å². The molecule has 1 aromatic heterocycles. The SMILES string of the molecule is CC(C)=C1[C@H]2CC[C@H]1[C@H](C(=O)NNC(=O)c1ccoc1C)[C@H]2C(=O)O. The molecule has 1 aromatic rings. The van der Waals surface area contributed by atoms with E-state index >= 15 is 0 Å². The van der Waals surface area contributed by atoms with Crippen molar-refractivity contribution in [1.82, 2.24) is 10.9 Å². The van der Waals surface area contributed by atoms with Gasteiger partial charge in [-0.3, -0.25) is 25.2 Å². The topological polar surface area (TPSA) is 109 Å². The zero-order valence-electron chi connectivity index (χ0n) is 14.5. The van der Waals surface area contributed by atoms with Crippen molar-refractivity contribution in [3.63, 3.8) is 0 Å². The van der Waals surface area contributed by atoms with E-state index in [0.717, 1.165) is 24.0 Å². The van der Waals surface area contributed by atoms with Crippen molar-refractivity contribution in [3.8, 4) is 0 Å². The molecule has 3 N–H and O–H groups in total. The van der Waals surface area contributed by atoms with E-state index in [0.29, 0.717) is 11.3 Å². The van der Waals surface area contributed by atoms with E-state index in [9.17, 15) is 19.5 Å². The van der Waals surface area contributed by atoms with Gasteiger partial charge in [-0.1, -0.05) is 11.1 Å². The van der Waals surface area contributed by atoms with Crippen LogP contribution in [0.1, 0.15) is 42.8 Å². The van der Waals surface area contributed by atoms with Gasteiger partial charge in [0.15, 0.2) is 0 Å². The summed E-state index contributed by atoms with van der Waals surface area (Å²) in [5, 5.41) is 9.62. The van der Waals surface area contributed by atoms with Gasteiger partial charge in [0.05, 0.1) is 23.7 Å². The van der Waals surface area contributed by atoms with Crippen molar-refractivity contribution >= 4 is 17.8 Å². The molecule has 0 aromatic carbocycles. The summed E-state index contributed by atoms with van der Waals surface area (Å²) in [6, 6.07) is 1.51. The fourth-order valence-electron chi connectivity index (χ4n) is 4.49. The molecule has 3 rings (SSSR count). The van der Waals surface area contributed by atoms with Crippen molar-refractivity contribution in [2.75, 3.05) is 0 Å². The molecule has 2 aliphatic carbocycles. The second-order valence-electron chi connectivity index (χ2n) is 6.97. The Morgan fingerprint density at radius 3 is 2.28 bits per heavy atom. The zero-order valence-corrected chi connectivity index (χ0v) is 14.5. The Hall–Kier alpha value is -2.57. The van der Waals surface area contributed by atoms with Gasteiger partial charge in [0.2, 0.25) is 5.91 Å². The standard InChI is InChI=1S/C18H22N2O5/c1-8(2)13-11-4-5-12(13)15(18(23)24)14(11)17(22)20-19-16(21)10-6-7-25-9(10)3/h6-7,11-12,14-15H,4-5H2,1-3H3,(H,19,21)(H,20,22)(H,23,24)/t11-,12-,14+,15+/m1/s1. The quantitative estimate of drug-likeness (QED) is 0.573. The number of carbonyl (C=O) groups is 3. The van der Waals surface area contributed by atoms with E-state index < -0.39 is 29.6 Å². The molecule has 0 spiro atoms. The lowest BCUT2D eigenvalue weighted by molar-refractivity contribution is -0.149. The van der Waals surface area contributed by atoms with Crippen LogP contribution >= 0.6 is 0 Å². The summed E-state index contributed by atoms with van der Waals surface area (Å²) in [5.41, 5.74) is 7.28. The Morgan fingerprint density at radius 1 is 1.12 bits per heavy atom. The van der Waals surface area contributed by atoms with Crippen LogP contribution in [0.5, 0.6) is 0 Å². The maximum Gasteiger partial charge on any atom is 0.307 e. The van der Waals surface area contributed by atoms with E-state index in [2.05, 4.69) is 10.9 Å². The number of fused-ring (bicyclic) bond motifs is 2. The van der Waals surface area contributed by atoms with Crippen molar-refractivity contribution in [3.05, 3.63) is 34.8 Å². The first-order valence-electron chi connectivity index (χ1n) is 8.37. The van der Waals surface area contributed by atoms with Crippen molar-refractivity contribution in [2.45, 2.75) is 33.6 Å². The molecular weight excluding hydrogens is 324 g/mol. The van der Waals surface area contributed by atoms with Crippen molar-refractivity contribution in [2.24, 2.45) is 23.7 Å². The number of carbonyl (C=O) groups excluding carboxylic acids is 2. The van der Waals surface area contributed by atoms with E-state index in [4.69, 9.17) is 4.42 Å². The van der Waals surface area contributed by atoms with Gasteiger partial charge >= 0.3 is 5.97 Å². The molecule has 4 atom stereocenters. The Bertz CT molecular complexity index is 759. The van der Waals surface area contributed by atoms with Gasteiger partial charge in [0, 0.05) is 0 Å². The number of hydrogen-bond donors (Lipinski definition) is 3. The minimum Gasteiger partial charge on any atom is -0.481 e. The molecule has 2 amide bonds. The number of rotatable bonds is 3. The van der Waals surface area contributed by atoms with Crippen LogP contribution in [-0.2, 0) is 9.59 Å². The van der Waals surface area contributed by atoms with E-state index in [1.54, 1.807) is 6.92 Å². The van der Waals surface area contributed by atoms with Crippen LogP contribution in [0, 0.1) is 30.6 Å².